The molecule has 3 rings (SSSR count). The number of halogens is 1. The Labute approximate surface area is 151 Å². The van der Waals surface area contributed by atoms with Crippen molar-refractivity contribution in [2.45, 2.75) is 0 Å². The lowest BCUT2D eigenvalue weighted by atomic mass is 10.3. The third-order valence-corrected chi connectivity index (χ3v) is 5.98. The zero-order valence-electron chi connectivity index (χ0n) is 12.8. The molecule has 2 heterocycles. The van der Waals surface area contributed by atoms with E-state index in [1.54, 1.807) is 16.2 Å². The van der Waals surface area contributed by atoms with Gasteiger partial charge in [0.2, 0.25) is 0 Å². The van der Waals surface area contributed by atoms with E-state index in [1.165, 1.54) is 11.3 Å². The number of benzene rings is 1. The van der Waals surface area contributed by atoms with Crippen LogP contribution in [0, 0.1) is 0 Å². The maximum atomic E-state index is 12.9. The van der Waals surface area contributed by atoms with E-state index in [4.69, 9.17) is 0 Å². The second-order valence-corrected chi connectivity index (χ2v) is 8.80. The Hall–Kier alpha value is -1.28. The van der Waals surface area contributed by atoms with Crippen molar-refractivity contribution in [2.24, 2.45) is 0 Å². The smallest absolute Gasteiger partial charge is 0.270 e. The van der Waals surface area contributed by atoms with E-state index in [0.717, 1.165) is 30.6 Å². The summed E-state index contributed by atoms with van der Waals surface area (Å²) in [6, 6.07) is 11.7. The predicted octanol–water partition coefficient (Wildman–Crippen LogP) is 4.33. The zero-order chi connectivity index (χ0) is 16.4. The lowest BCUT2D eigenvalue weighted by molar-refractivity contribution is 0.0989. The van der Waals surface area contributed by atoms with Gasteiger partial charge in [-0.25, -0.2) is 4.98 Å². The Morgan fingerprint density at radius 1 is 1.13 bits per heavy atom. The van der Waals surface area contributed by atoms with Crippen molar-refractivity contribution in [3.8, 4) is 0 Å². The fraction of sp³-hybridized carbons (Fsp3) is 0.250. The van der Waals surface area contributed by atoms with E-state index in [2.05, 4.69) is 25.8 Å². The van der Waals surface area contributed by atoms with Crippen LogP contribution in [0.4, 0.5) is 5.13 Å². The van der Waals surface area contributed by atoms with Gasteiger partial charge in [0.15, 0.2) is 5.13 Å². The lowest BCUT2D eigenvalue weighted by Gasteiger charge is -2.21. The molecule has 120 valence electrons. The second kappa shape index (κ2) is 7.09. The highest BCUT2D eigenvalue weighted by Gasteiger charge is 2.22. The average Bonchev–Trinajstić information content (AvgIpc) is 3.12. The molecule has 1 amide bonds. The molecule has 7 heteroatoms. The molecule has 0 unspecified atom stereocenters. The number of thiazole rings is 1. The van der Waals surface area contributed by atoms with Gasteiger partial charge in [-0.05, 0) is 54.3 Å². The van der Waals surface area contributed by atoms with Crippen molar-refractivity contribution in [3.63, 3.8) is 0 Å². The van der Waals surface area contributed by atoms with Gasteiger partial charge in [0, 0.05) is 13.1 Å². The first-order valence-corrected chi connectivity index (χ1v) is 9.54. The number of hydrogen-bond donors (Lipinski definition) is 0. The molecule has 0 saturated heterocycles. The monoisotopic (exact) mass is 409 g/mol. The first-order chi connectivity index (χ1) is 11.0. The van der Waals surface area contributed by atoms with E-state index in [1.807, 2.05) is 50.5 Å². The van der Waals surface area contributed by atoms with Crippen molar-refractivity contribution in [3.05, 3.63) is 45.1 Å². The molecule has 0 bridgehead atoms. The molecule has 2 aromatic heterocycles. The topological polar surface area (TPSA) is 36.4 Å². The summed E-state index contributed by atoms with van der Waals surface area (Å²) < 4.78 is 2.05. The third-order valence-electron chi connectivity index (χ3n) is 3.31. The second-order valence-electron chi connectivity index (χ2n) is 5.33. The van der Waals surface area contributed by atoms with Crippen LogP contribution in [0.5, 0.6) is 0 Å². The molecule has 0 fully saturated rings. The molecule has 4 nitrogen and oxygen atoms in total. The first-order valence-electron chi connectivity index (χ1n) is 7.12. The molecular formula is C16H16BrN3OS2. The Morgan fingerprint density at radius 3 is 2.57 bits per heavy atom. The van der Waals surface area contributed by atoms with Gasteiger partial charge in [-0.2, -0.15) is 0 Å². The number of rotatable bonds is 5. The number of nitrogens with zero attached hydrogens (tertiary/aromatic N) is 3. The molecule has 0 radical (unpaired) electrons. The summed E-state index contributed by atoms with van der Waals surface area (Å²) in [5.41, 5.74) is 0.933. The fourth-order valence-corrected chi connectivity index (χ4v) is 4.45. The van der Waals surface area contributed by atoms with Gasteiger partial charge in [-0.1, -0.05) is 23.5 Å². The van der Waals surface area contributed by atoms with Crippen LogP contribution in [0.15, 0.2) is 40.2 Å². The average molecular weight is 410 g/mol. The minimum absolute atomic E-state index is 0.00149. The molecule has 1 aromatic carbocycles. The Balaban J connectivity index is 1.95. The van der Waals surface area contributed by atoms with Gasteiger partial charge < -0.3 is 4.90 Å². The van der Waals surface area contributed by atoms with E-state index >= 15 is 0 Å². The van der Waals surface area contributed by atoms with Crippen LogP contribution in [0.2, 0.25) is 0 Å². The summed E-state index contributed by atoms with van der Waals surface area (Å²) in [5, 5.41) is 0.752. The number of aromatic nitrogens is 1. The summed E-state index contributed by atoms with van der Waals surface area (Å²) in [7, 11) is 4.01. The largest absolute Gasteiger partial charge is 0.308 e. The van der Waals surface area contributed by atoms with Crippen LogP contribution >= 0.6 is 38.6 Å². The van der Waals surface area contributed by atoms with Gasteiger partial charge in [0.25, 0.3) is 5.91 Å². The van der Waals surface area contributed by atoms with E-state index in [9.17, 15) is 4.79 Å². The van der Waals surface area contributed by atoms with Gasteiger partial charge in [-0.3, -0.25) is 9.69 Å². The highest BCUT2D eigenvalue weighted by atomic mass is 79.9. The van der Waals surface area contributed by atoms with Gasteiger partial charge in [0.05, 0.1) is 18.9 Å². The maximum absolute atomic E-state index is 12.9. The molecule has 23 heavy (non-hydrogen) atoms. The molecule has 0 aliphatic heterocycles. The number of likely N-dealkylation sites (N-methyl/N-ethyl adjacent to an activating group) is 1. The first kappa shape index (κ1) is 16.6. The quantitative estimate of drug-likeness (QED) is 0.628. The number of amides is 1. The van der Waals surface area contributed by atoms with Crippen molar-refractivity contribution in [1.29, 1.82) is 0 Å². The summed E-state index contributed by atoms with van der Waals surface area (Å²) >= 11 is 6.43. The molecule has 0 aliphatic rings. The highest BCUT2D eigenvalue weighted by Crippen LogP contribution is 2.31. The van der Waals surface area contributed by atoms with Crippen molar-refractivity contribution in [2.75, 3.05) is 32.1 Å². The summed E-state index contributed by atoms with van der Waals surface area (Å²) in [6.07, 6.45) is 0. The number of fused-ring (bicyclic) bond motifs is 1. The van der Waals surface area contributed by atoms with Crippen molar-refractivity contribution in [1.82, 2.24) is 9.88 Å². The maximum Gasteiger partial charge on any atom is 0.270 e. The number of carbonyl (C=O) groups excluding carboxylic acids is 1. The predicted molar refractivity (Wildman–Crippen MR) is 102 cm³/mol. The number of hydrogen-bond acceptors (Lipinski definition) is 5. The Kier molecular flexibility index (Phi) is 5.11. The minimum Gasteiger partial charge on any atom is -0.308 e. The van der Waals surface area contributed by atoms with E-state index in [-0.39, 0.29) is 5.91 Å². The van der Waals surface area contributed by atoms with Gasteiger partial charge >= 0.3 is 0 Å². The van der Waals surface area contributed by atoms with E-state index < -0.39 is 0 Å². The van der Waals surface area contributed by atoms with Crippen LogP contribution in [0.3, 0.4) is 0 Å². The van der Waals surface area contributed by atoms with Crippen LogP contribution in [0.1, 0.15) is 9.67 Å². The lowest BCUT2D eigenvalue weighted by Crippen LogP contribution is -2.36. The number of thiophene rings is 1. The standard InChI is InChI=1S/C16H16BrN3OS2/c1-19(2)9-10-20(15(21)13-7-8-14(17)22-13)16-18-11-5-3-4-6-12(11)23-16/h3-8H,9-10H2,1-2H3. The fourth-order valence-electron chi connectivity index (χ4n) is 2.12. The molecular weight excluding hydrogens is 394 g/mol. The molecule has 0 aliphatic carbocycles. The summed E-state index contributed by atoms with van der Waals surface area (Å²) in [4.78, 5) is 22.1. The summed E-state index contributed by atoms with van der Waals surface area (Å²) in [5.74, 6) is 0.00149. The Bertz CT molecular complexity index is 794. The molecule has 3 aromatic rings. The molecule has 0 saturated carbocycles. The van der Waals surface area contributed by atoms with Crippen molar-refractivity contribution < 1.29 is 4.79 Å². The van der Waals surface area contributed by atoms with Crippen molar-refractivity contribution >= 4 is 59.9 Å². The van der Waals surface area contributed by atoms with Gasteiger partial charge in [0.1, 0.15) is 0 Å². The number of anilines is 1. The normalized spacial score (nSPS) is 11.3. The number of para-hydroxylation sites is 1. The summed E-state index contributed by atoms with van der Waals surface area (Å²) in [6.45, 7) is 1.40. The van der Waals surface area contributed by atoms with Crippen LogP contribution in [-0.4, -0.2) is 43.0 Å². The highest BCUT2D eigenvalue weighted by molar-refractivity contribution is 9.11. The van der Waals surface area contributed by atoms with Crippen LogP contribution < -0.4 is 4.90 Å². The molecule has 0 N–H and O–H groups in total. The number of carbonyl (C=O) groups is 1. The molecule has 0 atom stereocenters. The third kappa shape index (κ3) is 3.80. The van der Waals surface area contributed by atoms with Crippen LogP contribution in [0.25, 0.3) is 10.2 Å². The SMILES string of the molecule is CN(C)CCN(C(=O)c1ccc(Br)s1)c1nc2ccccc2s1. The Morgan fingerprint density at radius 2 is 1.91 bits per heavy atom. The zero-order valence-corrected chi connectivity index (χ0v) is 16.0. The van der Waals surface area contributed by atoms with Gasteiger partial charge in [-0.15, -0.1) is 11.3 Å². The minimum atomic E-state index is 0.00149. The molecule has 0 spiro atoms. The van der Waals surface area contributed by atoms with E-state index in [0.29, 0.717) is 6.54 Å². The van der Waals surface area contributed by atoms with Crippen LogP contribution in [-0.2, 0) is 0 Å².